The van der Waals surface area contributed by atoms with Crippen molar-refractivity contribution in [2.45, 2.75) is 18.5 Å². The second-order valence-electron chi connectivity index (χ2n) is 5.86. The fourth-order valence-electron chi connectivity index (χ4n) is 2.51. The third kappa shape index (κ3) is 5.29. The fourth-order valence-corrected chi connectivity index (χ4v) is 2.73. The number of nitrogens with zero attached hydrogens (tertiary/aromatic N) is 2. The van der Waals surface area contributed by atoms with Gasteiger partial charge in [0.1, 0.15) is 16.7 Å². The van der Waals surface area contributed by atoms with Crippen LogP contribution < -0.4 is 10.6 Å². The molecule has 0 aliphatic rings. The number of benzene rings is 2. The molecule has 2 rings (SSSR count). The lowest BCUT2D eigenvalue weighted by molar-refractivity contribution is -0.766. The van der Waals surface area contributed by atoms with Gasteiger partial charge >= 0.3 is 18.1 Å². The number of ether oxygens (including phenoxy) is 1. The van der Waals surface area contributed by atoms with Gasteiger partial charge < -0.3 is 20.2 Å². The molecule has 0 bridgehead atoms. The highest BCUT2D eigenvalue weighted by molar-refractivity contribution is 6.32. The molecule has 0 fully saturated rings. The number of carboxylic acids is 2. The highest BCUT2D eigenvalue weighted by Gasteiger charge is 2.32. The predicted octanol–water partition coefficient (Wildman–Crippen LogP) is 4.15. The Balaban J connectivity index is 2.50. The number of carboxylic acid groups (broad SMARTS) is 2. The number of nitrogens with two attached hydrogens (primary N) is 1. The highest BCUT2D eigenvalue weighted by atomic mass is 35.5. The zero-order valence-corrected chi connectivity index (χ0v) is 15.6. The summed E-state index contributed by atoms with van der Waals surface area (Å²) in [5.41, 5.74) is -1.46. The van der Waals surface area contributed by atoms with Gasteiger partial charge in [-0.15, -0.1) is 0 Å². The quantitative estimate of drug-likeness (QED) is 0.215. The maximum absolute atomic E-state index is 12.8. The van der Waals surface area contributed by atoms with Gasteiger partial charge in [0, 0.05) is 5.56 Å². The topological polar surface area (TPSA) is 145 Å². The van der Waals surface area contributed by atoms with Crippen molar-refractivity contribution in [2.75, 3.05) is 0 Å². The van der Waals surface area contributed by atoms with Crippen LogP contribution in [0.2, 0.25) is 5.02 Å². The number of hydrogen-bond acceptors (Lipinski definition) is 4. The molecule has 0 spiro atoms. The lowest BCUT2D eigenvalue weighted by atomic mass is 9.94. The van der Waals surface area contributed by atoms with Crippen LogP contribution in [0, 0.1) is 0 Å². The summed E-state index contributed by atoms with van der Waals surface area (Å²) in [4.78, 5) is 22.7. The molecule has 0 amide bonds. The molecule has 0 heterocycles. The SMILES string of the molecule is N/N=[N+](\O)c1ccc(Oc2ccc(C(F)(F)F)cc2Cl)cc1C(CC(=O)O)C(=O)O. The van der Waals surface area contributed by atoms with Crippen molar-refractivity contribution in [3.63, 3.8) is 0 Å². The van der Waals surface area contributed by atoms with Crippen LogP contribution in [0.1, 0.15) is 23.5 Å². The molecule has 0 saturated heterocycles. The average Bonchev–Trinajstić information content (AvgIpc) is 2.65. The van der Waals surface area contributed by atoms with Crippen molar-refractivity contribution >= 4 is 29.2 Å². The largest absolute Gasteiger partial charge is 0.481 e. The molecule has 30 heavy (non-hydrogen) atoms. The Morgan fingerprint density at radius 3 is 2.37 bits per heavy atom. The normalized spacial score (nSPS) is 13.0. The van der Waals surface area contributed by atoms with E-state index in [9.17, 15) is 33.1 Å². The van der Waals surface area contributed by atoms with E-state index in [-0.39, 0.29) is 32.6 Å². The molecule has 13 heteroatoms. The smallest absolute Gasteiger partial charge is 0.416 e. The summed E-state index contributed by atoms with van der Waals surface area (Å²) in [6.07, 6.45) is -5.45. The van der Waals surface area contributed by atoms with Gasteiger partial charge in [-0.2, -0.15) is 19.0 Å². The minimum absolute atomic E-state index is 0.0857. The van der Waals surface area contributed by atoms with E-state index in [0.29, 0.717) is 6.07 Å². The van der Waals surface area contributed by atoms with E-state index in [1.54, 1.807) is 0 Å². The summed E-state index contributed by atoms with van der Waals surface area (Å²) in [6.45, 7) is 0. The van der Waals surface area contributed by atoms with Crippen LogP contribution in [0.4, 0.5) is 18.9 Å². The summed E-state index contributed by atoms with van der Waals surface area (Å²) in [6, 6.07) is 5.80. The fraction of sp³-hybridized carbons (Fsp3) is 0.176. The Kier molecular flexibility index (Phi) is 6.72. The van der Waals surface area contributed by atoms with Crippen molar-refractivity contribution in [1.29, 1.82) is 0 Å². The van der Waals surface area contributed by atoms with Gasteiger partial charge in [0.25, 0.3) is 0 Å². The molecule has 160 valence electrons. The molecular weight excluding hydrogens is 435 g/mol. The molecule has 0 radical (unpaired) electrons. The molecular formula is C17H14ClF3N3O6+. The molecule has 1 unspecified atom stereocenters. The average molecular weight is 449 g/mol. The lowest BCUT2D eigenvalue weighted by Crippen LogP contribution is -2.18. The van der Waals surface area contributed by atoms with E-state index < -0.39 is 36.0 Å². The Morgan fingerprint density at radius 1 is 1.20 bits per heavy atom. The Bertz CT molecular complexity index is 1010. The van der Waals surface area contributed by atoms with Gasteiger partial charge in [0.2, 0.25) is 5.69 Å². The van der Waals surface area contributed by atoms with Crippen molar-refractivity contribution < 1.29 is 47.8 Å². The van der Waals surface area contributed by atoms with Crippen molar-refractivity contribution in [1.82, 2.24) is 0 Å². The van der Waals surface area contributed by atoms with Crippen LogP contribution in [0.5, 0.6) is 11.5 Å². The first kappa shape index (κ1) is 22.7. The van der Waals surface area contributed by atoms with Crippen LogP contribution >= 0.6 is 11.6 Å². The molecule has 1 atom stereocenters. The van der Waals surface area contributed by atoms with E-state index in [4.69, 9.17) is 27.3 Å². The maximum Gasteiger partial charge on any atom is 0.416 e. The van der Waals surface area contributed by atoms with E-state index in [1.807, 2.05) is 0 Å². The summed E-state index contributed by atoms with van der Waals surface area (Å²) >= 11 is 5.83. The van der Waals surface area contributed by atoms with E-state index in [0.717, 1.165) is 24.3 Å². The number of hydrogen-bond donors (Lipinski definition) is 4. The predicted molar refractivity (Wildman–Crippen MR) is 93.9 cm³/mol. The van der Waals surface area contributed by atoms with Gasteiger partial charge in [0.15, 0.2) is 0 Å². The number of aliphatic carboxylic acids is 2. The van der Waals surface area contributed by atoms with Gasteiger partial charge in [0.05, 0.1) is 27.8 Å². The highest BCUT2D eigenvalue weighted by Crippen LogP contribution is 2.38. The molecule has 2 aromatic carbocycles. The Hall–Kier alpha value is -3.54. The third-order valence-corrected chi connectivity index (χ3v) is 4.16. The minimum atomic E-state index is -4.61. The molecule has 0 aliphatic carbocycles. The second-order valence-corrected chi connectivity index (χ2v) is 6.27. The zero-order valence-electron chi connectivity index (χ0n) is 14.8. The monoisotopic (exact) mass is 448 g/mol. The lowest BCUT2D eigenvalue weighted by Gasteiger charge is -2.15. The Labute approximate surface area is 171 Å². The van der Waals surface area contributed by atoms with Crippen LogP contribution in [0.25, 0.3) is 0 Å². The maximum atomic E-state index is 12.8. The first-order valence-electron chi connectivity index (χ1n) is 7.97. The van der Waals surface area contributed by atoms with Crippen LogP contribution in [0.15, 0.2) is 41.6 Å². The van der Waals surface area contributed by atoms with Crippen LogP contribution in [-0.2, 0) is 15.8 Å². The first-order valence-corrected chi connectivity index (χ1v) is 8.34. The first-order chi connectivity index (χ1) is 13.9. The van der Waals surface area contributed by atoms with Gasteiger partial charge in [-0.25, -0.2) is 0 Å². The summed E-state index contributed by atoms with van der Waals surface area (Å²) in [5.74, 6) is 0.148. The van der Waals surface area contributed by atoms with Crippen molar-refractivity contribution in [3.8, 4) is 11.5 Å². The summed E-state index contributed by atoms with van der Waals surface area (Å²) < 4.78 is 43.7. The van der Waals surface area contributed by atoms with Crippen LogP contribution in [0.3, 0.4) is 0 Å². The van der Waals surface area contributed by atoms with Crippen molar-refractivity contribution in [3.05, 3.63) is 52.5 Å². The van der Waals surface area contributed by atoms with Gasteiger partial charge in [-0.05, 0) is 36.4 Å². The van der Waals surface area contributed by atoms with Crippen molar-refractivity contribution in [2.24, 2.45) is 11.1 Å². The molecule has 0 saturated carbocycles. The molecule has 0 aliphatic heterocycles. The standard InChI is InChI=1S/C17H13ClF3N3O6/c18-12-5-8(17(19,20)21)1-4-14(12)30-9-2-3-13(24(29)23-22)10(6-9)11(16(27)28)7-15(25)26/h1-6,11,22,29H,7H2,(H2,25,26,27,28)/p+1. The Morgan fingerprint density at radius 2 is 1.87 bits per heavy atom. The number of halogens is 4. The summed E-state index contributed by atoms with van der Waals surface area (Å²) in [5, 5.41) is 30.7. The van der Waals surface area contributed by atoms with E-state index in [1.165, 1.54) is 6.07 Å². The van der Waals surface area contributed by atoms with E-state index in [2.05, 4.69) is 5.22 Å². The summed E-state index contributed by atoms with van der Waals surface area (Å²) in [7, 11) is 0. The van der Waals surface area contributed by atoms with Gasteiger partial charge in [-0.1, -0.05) is 11.6 Å². The molecule has 0 aromatic heterocycles. The molecule has 9 nitrogen and oxygen atoms in total. The molecule has 2 aromatic rings. The number of carbonyl (C=O) groups is 2. The minimum Gasteiger partial charge on any atom is -0.481 e. The number of alkyl halides is 3. The van der Waals surface area contributed by atoms with Gasteiger partial charge in [-0.3, -0.25) is 9.59 Å². The zero-order chi connectivity index (χ0) is 22.6. The van der Waals surface area contributed by atoms with Crippen LogP contribution in [-0.4, -0.2) is 32.2 Å². The number of rotatable bonds is 7. The second kappa shape index (κ2) is 8.86. The molecule has 5 N–H and O–H groups in total. The van der Waals surface area contributed by atoms with E-state index >= 15 is 0 Å². The third-order valence-electron chi connectivity index (χ3n) is 3.86.